The Labute approximate surface area is 262 Å². The summed E-state index contributed by atoms with van der Waals surface area (Å²) in [5.74, 6) is -1.24. The van der Waals surface area contributed by atoms with E-state index in [4.69, 9.17) is 10.1 Å². The summed E-state index contributed by atoms with van der Waals surface area (Å²) < 4.78 is 33.9. The van der Waals surface area contributed by atoms with Crippen LogP contribution in [0.4, 0.5) is 5.13 Å². The molecule has 3 amide bonds. The van der Waals surface area contributed by atoms with Crippen molar-refractivity contribution in [2.75, 3.05) is 18.5 Å². The Morgan fingerprint density at radius 3 is 2.48 bits per heavy atom. The molecule has 1 aromatic heterocycles. The number of amides is 3. The first-order valence-electron chi connectivity index (χ1n) is 14.1. The number of carbonyl (C=O) groups excluding carboxylic acids is 3. The number of benzene rings is 1. The molecule has 14 nitrogen and oxygen atoms in total. The van der Waals surface area contributed by atoms with Crippen LogP contribution in [0.3, 0.4) is 0 Å². The summed E-state index contributed by atoms with van der Waals surface area (Å²) in [6.07, 6.45) is 3.55. The van der Waals surface area contributed by atoms with Crippen LogP contribution >= 0.6 is 11.3 Å². The minimum atomic E-state index is -3.88. The lowest BCUT2D eigenvalue weighted by molar-refractivity contribution is -0.166. The second kappa shape index (κ2) is 17.2. The molecule has 0 spiro atoms. The van der Waals surface area contributed by atoms with Crippen LogP contribution < -0.4 is 25.4 Å². The van der Waals surface area contributed by atoms with Gasteiger partial charge >= 0.3 is 0 Å². The number of thiazole rings is 1. The van der Waals surface area contributed by atoms with Crippen LogP contribution in [-0.2, 0) is 24.4 Å². The molecule has 2 rings (SSSR count). The molecular weight excluding hydrogens is 610 g/mol. The Hall–Kier alpha value is -3.44. The van der Waals surface area contributed by atoms with E-state index in [1.807, 2.05) is 13.8 Å². The highest BCUT2D eigenvalue weighted by molar-refractivity contribution is 7.89. The monoisotopic (exact) mass is 653 g/mol. The number of rotatable bonds is 19. The molecule has 16 heteroatoms. The van der Waals surface area contributed by atoms with Gasteiger partial charge in [0.15, 0.2) is 11.5 Å². The summed E-state index contributed by atoms with van der Waals surface area (Å²) in [5.41, 5.74) is 1.60. The van der Waals surface area contributed by atoms with Crippen molar-refractivity contribution in [1.82, 2.24) is 25.4 Å². The molecule has 0 fully saturated rings. The largest absolute Gasteiger partial charge is 0.446 e. The first-order chi connectivity index (χ1) is 20.7. The minimum Gasteiger partial charge on any atom is -0.446 e. The molecule has 3 atom stereocenters. The molecule has 1 heterocycles. The van der Waals surface area contributed by atoms with Crippen LogP contribution in [0, 0.1) is 38.0 Å². The van der Waals surface area contributed by atoms with E-state index in [1.54, 1.807) is 39.1 Å². The van der Waals surface area contributed by atoms with Gasteiger partial charge in [-0.3, -0.25) is 25.0 Å². The molecule has 0 aliphatic rings. The quantitative estimate of drug-likeness (QED) is 0.0251. The summed E-state index contributed by atoms with van der Waals surface area (Å²) >= 11 is 1.23. The summed E-state index contributed by atoms with van der Waals surface area (Å²) in [6.45, 7) is 10.7. The fourth-order valence-electron chi connectivity index (χ4n) is 4.69. The van der Waals surface area contributed by atoms with Crippen LogP contribution in [-0.4, -0.2) is 73.6 Å². The van der Waals surface area contributed by atoms with Crippen molar-refractivity contribution in [2.45, 2.75) is 77.8 Å². The van der Waals surface area contributed by atoms with Gasteiger partial charge in [0.25, 0.3) is 0 Å². The third-order valence-electron chi connectivity index (χ3n) is 7.13. The van der Waals surface area contributed by atoms with Gasteiger partial charge in [0, 0.05) is 11.6 Å². The van der Waals surface area contributed by atoms with Crippen molar-refractivity contribution in [2.24, 2.45) is 11.8 Å². The van der Waals surface area contributed by atoms with Crippen molar-refractivity contribution in [3.05, 3.63) is 34.3 Å². The van der Waals surface area contributed by atoms with Gasteiger partial charge in [0.05, 0.1) is 23.5 Å². The molecule has 44 heavy (non-hydrogen) atoms. The molecule has 244 valence electrons. The number of sulfonamides is 1. The Morgan fingerprint density at radius 2 is 1.89 bits per heavy atom. The van der Waals surface area contributed by atoms with Gasteiger partial charge in [0.1, 0.15) is 11.8 Å². The Bertz CT molecular complexity index is 1390. The normalized spacial score (nSPS) is 13.5. The topological polar surface area (TPSA) is 203 Å². The predicted molar refractivity (Wildman–Crippen MR) is 167 cm³/mol. The van der Waals surface area contributed by atoms with Crippen LogP contribution in [0.5, 0.6) is 5.75 Å². The minimum absolute atomic E-state index is 0.0760. The second-order valence-electron chi connectivity index (χ2n) is 10.8. The Balaban J connectivity index is 2.05. The maximum absolute atomic E-state index is 13.3. The third-order valence-corrected chi connectivity index (χ3v) is 9.51. The molecule has 0 saturated heterocycles. The molecule has 0 saturated carbocycles. The third kappa shape index (κ3) is 10.3. The summed E-state index contributed by atoms with van der Waals surface area (Å²) in [5, 5.41) is 28.1. The van der Waals surface area contributed by atoms with E-state index in [2.05, 4.69) is 25.7 Å². The molecule has 0 bridgehead atoms. The van der Waals surface area contributed by atoms with Gasteiger partial charge in [-0.2, -0.15) is 4.72 Å². The maximum Gasteiger partial charge on any atom is 0.248 e. The molecule has 0 unspecified atom stereocenters. The number of hydrogen-bond acceptors (Lipinski definition) is 11. The smallest absolute Gasteiger partial charge is 0.248 e. The van der Waals surface area contributed by atoms with E-state index in [9.17, 15) is 28.0 Å². The molecule has 1 aromatic carbocycles. The zero-order valence-corrected chi connectivity index (χ0v) is 27.5. The maximum atomic E-state index is 13.3. The predicted octanol–water partition coefficient (Wildman–Crippen LogP) is 2.68. The number of ether oxygens (including phenoxy) is 1. The standard InChI is InChI=1S/C28H43N7O7S2/c1-17(2)12-22(21(6)35(39)16-36)26(37)33-23(27(38)34-28-31-10-11-43-28)8-7-9-30-15-32-44(40,41)25-18(3)13-24(42-14-29)19(4)20(25)5/h10-11,13-14,16-17,21-23,29-30,32,39H,7-9,12,15H2,1-6H3,(H,33,37)(H,31,34,38)/t21-,22+,23-/m0/s1. The van der Waals surface area contributed by atoms with Gasteiger partial charge in [-0.25, -0.2) is 18.5 Å². The highest BCUT2D eigenvalue weighted by Crippen LogP contribution is 2.30. The van der Waals surface area contributed by atoms with Crippen molar-refractivity contribution in [3.8, 4) is 5.75 Å². The lowest BCUT2D eigenvalue weighted by Gasteiger charge is -2.29. The van der Waals surface area contributed by atoms with Gasteiger partial charge < -0.3 is 20.7 Å². The van der Waals surface area contributed by atoms with Crippen molar-refractivity contribution < 1.29 is 32.7 Å². The molecule has 0 aliphatic heterocycles. The van der Waals surface area contributed by atoms with E-state index in [0.29, 0.717) is 52.0 Å². The van der Waals surface area contributed by atoms with E-state index >= 15 is 0 Å². The van der Waals surface area contributed by atoms with E-state index in [1.165, 1.54) is 17.5 Å². The highest BCUT2D eigenvalue weighted by atomic mass is 32.2. The lowest BCUT2D eigenvalue weighted by atomic mass is 9.89. The number of aryl methyl sites for hydroxylation is 1. The van der Waals surface area contributed by atoms with E-state index < -0.39 is 39.8 Å². The lowest BCUT2D eigenvalue weighted by Crippen LogP contribution is -2.50. The van der Waals surface area contributed by atoms with Crippen LogP contribution in [0.15, 0.2) is 22.5 Å². The number of hydrogen-bond donors (Lipinski definition) is 6. The molecule has 0 aliphatic carbocycles. The fraction of sp³-hybridized carbons (Fsp3) is 0.536. The zero-order valence-electron chi connectivity index (χ0n) is 25.8. The SMILES string of the molecule is Cc1cc(OC=N)c(C)c(C)c1S(=O)(=O)NCNCCC[C@H](NC(=O)[C@H](CC(C)C)[C@H](C)N(O)C=O)C(=O)Nc1nccs1. The molecular formula is C28H43N7O7S2. The second-order valence-corrected chi connectivity index (χ2v) is 13.4. The highest BCUT2D eigenvalue weighted by Gasteiger charge is 2.32. The molecule has 6 N–H and O–H groups in total. The van der Waals surface area contributed by atoms with E-state index in [0.717, 1.165) is 6.40 Å². The first kappa shape index (κ1) is 36.8. The number of nitrogens with one attached hydrogen (secondary N) is 5. The molecule has 0 radical (unpaired) electrons. The van der Waals surface area contributed by atoms with Crippen molar-refractivity contribution in [1.29, 1.82) is 5.41 Å². The Kier molecular flexibility index (Phi) is 14.3. The zero-order chi connectivity index (χ0) is 33.0. The average molecular weight is 654 g/mol. The molecule has 2 aromatic rings. The van der Waals surface area contributed by atoms with Gasteiger partial charge in [-0.05, 0) is 82.2 Å². The van der Waals surface area contributed by atoms with Crippen LogP contribution in [0.2, 0.25) is 0 Å². The number of nitrogens with zero attached hydrogens (tertiary/aromatic N) is 2. The van der Waals surface area contributed by atoms with Crippen molar-refractivity contribution in [3.63, 3.8) is 0 Å². The number of aromatic nitrogens is 1. The Morgan fingerprint density at radius 1 is 1.18 bits per heavy atom. The summed E-state index contributed by atoms with van der Waals surface area (Å²) in [4.78, 5) is 41.7. The first-order valence-corrected chi connectivity index (χ1v) is 16.5. The summed E-state index contributed by atoms with van der Waals surface area (Å²) in [6, 6.07) is -0.197. The summed E-state index contributed by atoms with van der Waals surface area (Å²) in [7, 11) is -3.88. The van der Waals surface area contributed by atoms with E-state index in [-0.39, 0.29) is 30.3 Å². The van der Waals surface area contributed by atoms with Crippen LogP contribution in [0.1, 0.15) is 56.7 Å². The number of hydroxylamine groups is 2. The number of carbonyl (C=O) groups is 3. The fourth-order valence-corrected chi connectivity index (χ4v) is 6.70. The van der Waals surface area contributed by atoms with Crippen LogP contribution in [0.25, 0.3) is 0 Å². The van der Waals surface area contributed by atoms with Gasteiger partial charge in [0.2, 0.25) is 28.2 Å². The van der Waals surface area contributed by atoms with Gasteiger partial charge in [-0.1, -0.05) is 13.8 Å². The van der Waals surface area contributed by atoms with Gasteiger partial charge in [-0.15, -0.1) is 11.3 Å². The van der Waals surface area contributed by atoms with Crippen molar-refractivity contribution >= 4 is 51.1 Å². The average Bonchev–Trinajstić information content (AvgIpc) is 3.47. The number of anilines is 1.